The van der Waals surface area contributed by atoms with Crippen molar-refractivity contribution in [3.8, 4) is 11.4 Å². The molecular weight excluding hydrogens is 440 g/mol. The van der Waals surface area contributed by atoms with Crippen LogP contribution in [0.5, 0.6) is 0 Å². The van der Waals surface area contributed by atoms with Crippen molar-refractivity contribution >= 4 is 34.6 Å². The van der Waals surface area contributed by atoms with Gasteiger partial charge in [0.05, 0.1) is 0 Å². The minimum absolute atomic E-state index is 0.0743. The number of rotatable bonds is 5. The fourth-order valence-corrected chi connectivity index (χ4v) is 7.81. The second-order valence-electron chi connectivity index (χ2n) is 9.97. The van der Waals surface area contributed by atoms with Crippen LogP contribution in [0.2, 0.25) is 0 Å². The highest BCUT2D eigenvalue weighted by molar-refractivity contribution is 7.71. The van der Waals surface area contributed by atoms with Crippen LogP contribution in [0.15, 0.2) is 24.3 Å². The van der Waals surface area contributed by atoms with E-state index in [1.165, 1.54) is 38.5 Å². The number of benzene rings is 1. The molecule has 0 saturated heterocycles. The molecule has 166 valence electrons. The number of aromatic nitrogens is 5. The molecule has 32 heavy (non-hydrogen) atoms. The average Bonchev–Trinajstić information content (AvgIpc) is 3.35. The molecule has 7 rings (SSSR count). The molecule has 4 aliphatic carbocycles. The Morgan fingerprint density at radius 1 is 1.22 bits per heavy atom. The number of amides is 1. The summed E-state index contributed by atoms with van der Waals surface area (Å²) in [6, 6.07) is 8.00. The molecule has 3 aromatic rings. The molecule has 4 aliphatic rings. The van der Waals surface area contributed by atoms with E-state index in [1.807, 2.05) is 31.2 Å². The molecular formula is C23H26N6OS2. The average molecular weight is 467 g/mol. The third kappa shape index (κ3) is 3.51. The Kier molecular flexibility index (Phi) is 4.80. The molecule has 0 unspecified atom stereocenters. The van der Waals surface area contributed by atoms with E-state index in [2.05, 4.69) is 25.7 Å². The van der Waals surface area contributed by atoms with Gasteiger partial charge in [-0.05, 0) is 81.5 Å². The van der Waals surface area contributed by atoms with Gasteiger partial charge in [-0.15, -0.1) is 10.2 Å². The number of H-pyrrole nitrogens is 1. The van der Waals surface area contributed by atoms with Gasteiger partial charge in [0.1, 0.15) is 11.6 Å². The fourth-order valence-electron chi connectivity index (χ4n) is 6.63. The molecule has 0 atom stereocenters. The molecule has 2 heterocycles. The number of hydrogen-bond donors (Lipinski definition) is 2. The van der Waals surface area contributed by atoms with Crippen LogP contribution in [0.4, 0.5) is 5.13 Å². The van der Waals surface area contributed by atoms with E-state index in [9.17, 15) is 4.79 Å². The Bertz CT molecular complexity index is 1210. The van der Waals surface area contributed by atoms with Gasteiger partial charge in [0, 0.05) is 11.0 Å². The lowest BCUT2D eigenvalue weighted by Crippen LogP contribution is -2.48. The van der Waals surface area contributed by atoms with Crippen LogP contribution in [0, 0.1) is 29.4 Å². The van der Waals surface area contributed by atoms with Crippen LogP contribution >= 0.6 is 23.6 Å². The quantitative estimate of drug-likeness (QED) is 0.524. The molecule has 4 bridgehead atoms. The Balaban J connectivity index is 1.19. The maximum Gasteiger partial charge on any atom is 0.246 e. The lowest BCUT2D eigenvalue weighted by molar-refractivity contribution is -0.116. The predicted molar refractivity (Wildman–Crippen MR) is 126 cm³/mol. The molecule has 9 heteroatoms. The third-order valence-electron chi connectivity index (χ3n) is 7.50. The Morgan fingerprint density at radius 3 is 2.62 bits per heavy atom. The van der Waals surface area contributed by atoms with Crippen LogP contribution < -0.4 is 5.32 Å². The Labute approximate surface area is 195 Å². The minimum Gasteiger partial charge on any atom is -0.299 e. The van der Waals surface area contributed by atoms with E-state index >= 15 is 0 Å². The van der Waals surface area contributed by atoms with Crippen molar-refractivity contribution in [2.75, 3.05) is 5.32 Å². The van der Waals surface area contributed by atoms with E-state index < -0.39 is 0 Å². The first-order chi connectivity index (χ1) is 15.5. The van der Waals surface area contributed by atoms with Crippen molar-refractivity contribution in [1.29, 1.82) is 0 Å². The summed E-state index contributed by atoms with van der Waals surface area (Å²) in [5, 5.41) is 20.7. The van der Waals surface area contributed by atoms with Crippen LogP contribution in [0.25, 0.3) is 11.4 Å². The first-order valence-electron chi connectivity index (χ1n) is 11.3. The standard InChI is InChI=1S/C23H26N6OS2/c1-13-3-2-4-17(5-13)19-25-28-22(31)29(19)12-18(30)24-21-27-26-20(32-21)23-9-14-6-15(10-23)8-16(7-14)11-23/h2-5,14-16H,6-12H2,1H3,(H,28,31)(H,24,27,30). The molecule has 1 aromatic carbocycles. The van der Waals surface area contributed by atoms with Crippen molar-refractivity contribution in [3.05, 3.63) is 39.6 Å². The number of aryl methyl sites for hydroxylation is 1. The topological polar surface area (TPSA) is 88.5 Å². The molecule has 0 radical (unpaired) electrons. The zero-order valence-electron chi connectivity index (χ0n) is 18.0. The summed E-state index contributed by atoms with van der Waals surface area (Å²) in [6.07, 6.45) is 7.92. The summed E-state index contributed by atoms with van der Waals surface area (Å²) >= 11 is 6.94. The summed E-state index contributed by atoms with van der Waals surface area (Å²) in [6.45, 7) is 2.10. The van der Waals surface area contributed by atoms with Gasteiger partial charge in [-0.1, -0.05) is 35.1 Å². The molecule has 2 aromatic heterocycles. The van der Waals surface area contributed by atoms with Crippen LogP contribution in [-0.2, 0) is 16.8 Å². The van der Waals surface area contributed by atoms with Gasteiger partial charge < -0.3 is 0 Å². The lowest BCUT2D eigenvalue weighted by atomic mass is 9.50. The summed E-state index contributed by atoms with van der Waals surface area (Å²) in [5.41, 5.74) is 2.24. The SMILES string of the molecule is Cc1cccc(-c2n[nH]c(=S)n2CC(=O)Nc2nnc(C34CC5CC(CC(C5)C3)C4)s2)c1. The Morgan fingerprint density at radius 2 is 1.94 bits per heavy atom. The largest absolute Gasteiger partial charge is 0.299 e. The van der Waals surface area contributed by atoms with Gasteiger partial charge in [0.15, 0.2) is 10.6 Å². The lowest BCUT2D eigenvalue weighted by Gasteiger charge is -2.55. The van der Waals surface area contributed by atoms with E-state index in [0.717, 1.165) is 33.9 Å². The predicted octanol–water partition coefficient (Wildman–Crippen LogP) is 4.87. The first kappa shape index (κ1) is 20.2. The minimum atomic E-state index is -0.176. The number of anilines is 1. The van der Waals surface area contributed by atoms with Gasteiger partial charge in [-0.25, -0.2) is 0 Å². The summed E-state index contributed by atoms with van der Waals surface area (Å²) in [5.74, 6) is 3.04. The number of nitrogens with zero attached hydrogens (tertiary/aromatic N) is 4. The van der Waals surface area contributed by atoms with Gasteiger partial charge in [-0.3, -0.25) is 19.8 Å². The maximum atomic E-state index is 12.9. The van der Waals surface area contributed by atoms with E-state index in [-0.39, 0.29) is 17.9 Å². The zero-order valence-corrected chi connectivity index (χ0v) is 19.6. The van der Waals surface area contributed by atoms with Crippen molar-refractivity contribution < 1.29 is 4.79 Å². The third-order valence-corrected chi connectivity index (χ3v) is 8.90. The van der Waals surface area contributed by atoms with Crippen molar-refractivity contribution in [2.24, 2.45) is 17.8 Å². The summed E-state index contributed by atoms with van der Waals surface area (Å²) in [7, 11) is 0. The summed E-state index contributed by atoms with van der Waals surface area (Å²) in [4.78, 5) is 12.9. The fraction of sp³-hybridized carbons (Fsp3) is 0.522. The van der Waals surface area contributed by atoms with Gasteiger partial charge >= 0.3 is 0 Å². The summed E-state index contributed by atoms with van der Waals surface area (Å²) < 4.78 is 2.14. The van der Waals surface area contributed by atoms with Crippen molar-refractivity contribution in [1.82, 2.24) is 25.0 Å². The first-order valence-corrected chi connectivity index (χ1v) is 12.6. The van der Waals surface area contributed by atoms with E-state index in [4.69, 9.17) is 12.2 Å². The molecule has 4 saturated carbocycles. The van der Waals surface area contributed by atoms with Gasteiger partial charge in [0.2, 0.25) is 11.0 Å². The zero-order chi connectivity index (χ0) is 21.9. The second kappa shape index (κ2) is 7.59. The molecule has 0 spiro atoms. The van der Waals surface area contributed by atoms with Crippen LogP contribution in [-0.4, -0.2) is 30.9 Å². The Hall–Kier alpha value is -2.39. The smallest absolute Gasteiger partial charge is 0.246 e. The highest BCUT2D eigenvalue weighted by atomic mass is 32.1. The molecule has 1 amide bonds. The highest BCUT2D eigenvalue weighted by Gasteiger charge is 2.53. The second-order valence-corrected chi connectivity index (χ2v) is 11.3. The number of hydrogen-bond acceptors (Lipinski definition) is 6. The van der Waals surface area contributed by atoms with Gasteiger partial charge in [-0.2, -0.15) is 5.10 Å². The molecule has 7 nitrogen and oxygen atoms in total. The van der Waals surface area contributed by atoms with E-state index in [1.54, 1.807) is 15.9 Å². The number of aromatic amines is 1. The number of carbonyl (C=O) groups is 1. The molecule has 4 fully saturated rings. The highest BCUT2D eigenvalue weighted by Crippen LogP contribution is 2.61. The monoisotopic (exact) mass is 466 g/mol. The normalized spacial score (nSPS) is 28.2. The number of carbonyl (C=O) groups excluding carboxylic acids is 1. The van der Waals surface area contributed by atoms with Crippen LogP contribution in [0.1, 0.15) is 49.1 Å². The number of nitrogens with one attached hydrogen (secondary N) is 2. The van der Waals surface area contributed by atoms with Crippen LogP contribution in [0.3, 0.4) is 0 Å². The molecule has 0 aliphatic heterocycles. The molecule has 2 N–H and O–H groups in total. The maximum absolute atomic E-state index is 12.9. The van der Waals surface area contributed by atoms with Gasteiger partial charge in [0.25, 0.3) is 0 Å². The van der Waals surface area contributed by atoms with Crippen molar-refractivity contribution in [2.45, 2.75) is 57.4 Å². The van der Waals surface area contributed by atoms with E-state index in [0.29, 0.717) is 15.7 Å². The van der Waals surface area contributed by atoms with Crippen molar-refractivity contribution in [3.63, 3.8) is 0 Å².